The van der Waals surface area contributed by atoms with Crippen LogP contribution < -0.4 is 5.69 Å². The molecule has 0 fully saturated rings. The Labute approximate surface area is 276 Å². The highest BCUT2D eigenvalue weighted by Gasteiger charge is 2.15. The summed E-state index contributed by atoms with van der Waals surface area (Å²) >= 11 is 0. The van der Waals surface area contributed by atoms with Gasteiger partial charge in [0.05, 0.1) is 11.0 Å². The lowest BCUT2D eigenvalue weighted by Gasteiger charge is -2.12. The van der Waals surface area contributed by atoms with Gasteiger partial charge in [-0.05, 0) is 61.6 Å². The lowest BCUT2D eigenvalue weighted by molar-refractivity contribution is 0.795. The van der Waals surface area contributed by atoms with Crippen molar-refractivity contribution in [3.8, 4) is 45.3 Å². The van der Waals surface area contributed by atoms with Gasteiger partial charge < -0.3 is 0 Å². The van der Waals surface area contributed by atoms with Gasteiger partial charge in [-0.3, -0.25) is 9.13 Å². The number of hydrogen-bond acceptors (Lipinski definition) is 4. The van der Waals surface area contributed by atoms with Crippen molar-refractivity contribution in [1.29, 1.82) is 0 Å². The molecule has 0 saturated carbocycles. The molecule has 0 N–H and O–H groups in total. The fourth-order valence-electron chi connectivity index (χ4n) is 6.90. The number of nitrogens with zero attached hydrogens (tertiary/aromatic N) is 5. The normalized spacial score (nSPS) is 11.6. The fourth-order valence-corrected chi connectivity index (χ4v) is 6.90. The van der Waals surface area contributed by atoms with Crippen LogP contribution in [0.15, 0.2) is 144 Å². The van der Waals surface area contributed by atoms with E-state index in [4.69, 9.17) is 15.0 Å². The molecule has 0 spiro atoms. The number of aromatic nitrogens is 5. The number of fused-ring (bicyclic) bond motifs is 7. The summed E-state index contributed by atoms with van der Waals surface area (Å²) in [7, 11) is 3.61. The van der Waals surface area contributed by atoms with E-state index in [1.807, 2.05) is 36.4 Å². The molecular formula is C42H29N5O. The van der Waals surface area contributed by atoms with Crippen molar-refractivity contribution in [1.82, 2.24) is 24.1 Å². The molecule has 6 nitrogen and oxygen atoms in total. The third-order valence-corrected chi connectivity index (χ3v) is 9.42. The number of rotatable bonds is 4. The molecular weight excluding hydrogens is 590 g/mol. The molecule has 2 aromatic heterocycles. The molecule has 0 saturated heterocycles. The van der Waals surface area contributed by atoms with Gasteiger partial charge in [-0.15, -0.1) is 0 Å². The van der Waals surface area contributed by atoms with E-state index >= 15 is 0 Å². The van der Waals surface area contributed by atoms with Crippen molar-refractivity contribution in [3.05, 3.63) is 150 Å². The van der Waals surface area contributed by atoms with Crippen LogP contribution in [0.1, 0.15) is 0 Å². The highest BCUT2D eigenvalue weighted by atomic mass is 16.1. The quantitative estimate of drug-likeness (QED) is 0.184. The van der Waals surface area contributed by atoms with Crippen molar-refractivity contribution in [2.45, 2.75) is 0 Å². The first-order valence-corrected chi connectivity index (χ1v) is 15.9. The zero-order valence-corrected chi connectivity index (χ0v) is 26.4. The van der Waals surface area contributed by atoms with Crippen molar-refractivity contribution < 1.29 is 0 Å². The van der Waals surface area contributed by atoms with Crippen LogP contribution in [0.3, 0.4) is 0 Å². The van der Waals surface area contributed by atoms with Gasteiger partial charge in [-0.2, -0.15) is 0 Å². The molecule has 0 aliphatic carbocycles. The van der Waals surface area contributed by atoms with Crippen LogP contribution in [0, 0.1) is 0 Å². The van der Waals surface area contributed by atoms with E-state index in [1.165, 1.54) is 32.3 Å². The summed E-state index contributed by atoms with van der Waals surface area (Å²) in [6.07, 6.45) is 0. The van der Waals surface area contributed by atoms with Gasteiger partial charge in [0.1, 0.15) is 0 Å². The summed E-state index contributed by atoms with van der Waals surface area (Å²) in [5.74, 6) is 1.85. The molecule has 0 aliphatic rings. The summed E-state index contributed by atoms with van der Waals surface area (Å²) in [5, 5.41) is 7.28. The average molecular weight is 620 g/mol. The van der Waals surface area contributed by atoms with Gasteiger partial charge in [0, 0.05) is 30.8 Å². The molecule has 0 aliphatic heterocycles. The number of imidazole rings is 1. The molecule has 0 unspecified atom stereocenters. The van der Waals surface area contributed by atoms with E-state index in [2.05, 4.69) is 103 Å². The molecule has 48 heavy (non-hydrogen) atoms. The van der Waals surface area contributed by atoms with Crippen molar-refractivity contribution in [2.75, 3.05) is 0 Å². The second kappa shape index (κ2) is 10.9. The standard InChI is InChI=1S/C42H29N5O/c1-46-37-23-21-29(25-38(37)47(2)42(46)48)26-16-18-28(19-17-26)40-43-39(27-10-4-3-5-11-27)44-41(45-40)30-20-22-35-33-14-7-6-12-31(33)32-13-8-9-15-34(32)36(35)24-30/h3-25H,1-2H3. The molecule has 2 heterocycles. The highest BCUT2D eigenvalue weighted by molar-refractivity contribution is 6.25. The Morgan fingerprint density at radius 1 is 0.375 bits per heavy atom. The SMILES string of the molecule is Cn1c(=O)n(C)c2cc(-c3ccc(-c4nc(-c5ccccc5)nc(-c5ccc6c7ccccc7c7ccccc7c6c5)n4)cc3)ccc21. The maximum atomic E-state index is 12.5. The predicted molar refractivity (Wildman–Crippen MR) is 196 cm³/mol. The fraction of sp³-hybridized carbons (Fsp3) is 0.0476. The lowest BCUT2D eigenvalue weighted by atomic mass is 9.93. The topological polar surface area (TPSA) is 65.6 Å². The first-order valence-electron chi connectivity index (χ1n) is 15.9. The first-order chi connectivity index (χ1) is 23.5. The second-order valence-corrected chi connectivity index (χ2v) is 12.2. The van der Waals surface area contributed by atoms with Crippen LogP contribution >= 0.6 is 0 Å². The van der Waals surface area contributed by atoms with Crippen LogP contribution in [-0.4, -0.2) is 24.1 Å². The van der Waals surface area contributed by atoms with Crippen molar-refractivity contribution in [2.24, 2.45) is 14.1 Å². The van der Waals surface area contributed by atoms with E-state index in [1.54, 1.807) is 23.2 Å². The zero-order valence-electron chi connectivity index (χ0n) is 26.4. The van der Waals surface area contributed by atoms with Gasteiger partial charge >= 0.3 is 5.69 Å². The van der Waals surface area contributed by atoms with Crippen molar-refractivity contribution >= 4 is 43.4 Å². The molecule has 0 atom stereocenters. The molecule has 0 amide bonds. The minimum atomic E-state index is -0.0368. The molecule has 228 valence electrons. The smallest absolute Gasteiger partial charge is 0.295 e. The average Bonchev–Trinajstić information content (AvgIpc) is 3.37. The largest absolute Gasteiger partial charge is 0.328 e. The van der Waals surface area contributed by atoms with Gasteiger partial charge in [0.25, 0.3) is 0 Å². The van der Waals surface area contributed by atoms with Crippen LogP contribution in [-0.2, 0) is 14.1 Å². The summed E-state index contributed by atoms with van der Waals surface area (Å²) < 4.78 is 3.35. The molecule has 9 rings (SSSR count). The Hall–Kier alpha value is -6.40. The molecule has 7 aromatic carbocycles. The third-order valence-electron chi connectivity index (χ3n) is 9.42. The highest BCUT2D eigenvalue weighted by Crippen LogP contribution is 2.37. The summed E-state index contributed by atoms with van der Waals surface area (Å²) in [6, 6.07) is 48.1. The summed E-state index contributed by atoms with van der Waals surface area (Å²) in [5.41, 5.74) is 6.60. The predicted octanol–water partition coefficient (Wildman–Crippen LogP) is 9.19. The van der Waals surface area contributed by atoms with Gasteiger partial charge in [-0.1, -0.05) is 121 Å². The van der Waals surface area contributed by atoms with E-state index in [9.17, 15) is 4.79 Å². The Kier molecular flexibility index (Phi) is 6.30. The lowest BCUT2D eigenvalue weighted by Crippen LogP contribution is -2.19. The van der Waals surface area contributed by atoms with E-state index < -0.39 is 0 Å². The minimum Gasteiger partial charge on any atom is -0.295 e. The van der Waals surface area contributed by atoms with Gasteiger partial charge in [0.2, 0.25) is 0 Å². The Morgan fingerprint density at radius 2 is 0.812 bits per heavy atom. The van der Waals surface area contributed by atoms with Crippen molar-refractivity contribution in [3.63, 3.8) is 0 Å². The maximum absolute atomic E-state index is 12.5. The molecule has 0 radical (unpaired) electrons. The monoisotopic (exact) mass is 619 g/mol. The first kappa shape index (κ1) is 27.9. The van der Waals surface area contributed by atoms with E-state index in [0.717, 1.165) is 38.9 Å². The second-order valence-electron chi connectivity index (χ2n) is 12.2. The summed E-state index contributed by atoms with van der Waals surface area (Å²) in [4.78, 5) is 27.5. The van der Waals surface area contributed by atoms with Gasteiger partial charge in [-0.25, -0.2) is 19.7 Å². The Morgan fingerprint density at radius 3 is 1.44 bits per heavy atom. The van der Waals surface area contributed by atoms with Crippen LogP contribution in [0.25, 0.3) is 88.6 Å². The number of aryl methyl sites for hydroxylation is 2. The minimum absolute atomic E-state index is 0.0368. The Balaban J connectivity index is 1.19. The molecule has 9 aromatic rings. The zero-order chi connectivity index (χ0) is 32.4. The van der Waals surface area contributed by atoms with Crippen LogP contribution in [0.5, 0.6) is 0 Å². The molecule has 6 heteroatoms. The van der Waals surface area contributed by atoms with Crippen LogP contribution in [0.4, 0.5) is 0 Å². The Bertz CT molecular complexity index is 2730. The molecule has 0 bridgehead atoms. The number of benzene rings is 7. The maximum Gasteiger partial charge on any atom is 0.328 e. The van der Waals surface area contributed by atoms with Gasteiger partial charge in [0.15, 0.2) is 17.5 Å². The van der Waals surface area contributed by atoms with E-state index in [-0.39, 0.29) is 5.69 Å². The van der Waals surface area contributed by atoms with Crippen LogP contribution in [0.2, 0.25) is 0 Å². The third kappa shape index (κ3) is 4.42. The summed E-state index contributed by atoms with van der Waals surface area (Å²) in [6.45, 7) is 0. The van der Waals surface area contributed by atoms with E-state index in [0.29, 0.717) is 17.5 Å². The number of hydrogen-bond donors (Lipinski definition) is 0.